The summed E-state index contributed by atoms with van der Waals surface area (Å²) in [5.74, 6) is 0.986. The highest BCUT2D eigenvalue weighted by Crippen LogP contribution is 2.27. The Morgan fingerprint density at radius 1 is 1.14 bits per heavy atom. The first-order valence-corrected chi connectivity index (χ1v) is 8.26. The fourth-order valence-electron chi connectivity index (χ4n) is 2.83. The molecule has 1 aromatic rings. The second kappa shape index (κ2) is 9.80. The summed E-state index contributed by atoms with van der Waals surface area (Å²) in [6.07, 6.45) is 2.40. The Kier molecular flexibility index (Phi) is 8.40. The lowest BCUT2D eigenvalue weighted by Crippen LogP contribution is -2.36. The maximum Gasteiger partial charge on any atom is 0.123 e. The third-order valence-corrected chi connectivity index (χ3v) is 3.73. The molecule has 1 rings (SSSR count). The van der Waals surface area contributed by atoms with E-state index in [2.05, 4.69) is 56.1 Å². The highest BCUT2D eigenvalue weighted by Gasteiger charge is 2.18. The minimum Gasteiger partial charge on any atom is -0.496 e. The second-order valence-electron chi connectivity index (χ2n) is 5.66. The third kappa shape index (κ3) is 5.68. The van der Waals surface area contributed by atoms with Crippen molar-refractivity contribution in [2.75, 3.05) is 33.3 Å². The van der Waals surface area contributed by atoms with Crippen LogP contribution in [0.3, 0.4) is 0 Å². The van der Waals surface area contributed by atoms with Crippen LogP contribution in [0.5, 0.6) is 5.75 Å². The number of methoxy groups -OCH3 is 1. The van der Waals surface area contributed by atoms with Crippen molar-refractivity contribution in [2.24, 2.45) is 0 Å². The Balaban J connectivity index is 2.96. The highest BCUT2D eigenvalue weighted by atomic mass is 16.5. The molecule has 0 saturated heterocycles. The number of aryl methyl sites for hydroxylation is 1. The maximum absolute atomic E-state index is 5.57. The van der Waals surface area contributed by atoms with Crippen LogP contribution in [0, 0.1) is 6.92 Å². The third-order valence-electron chi connectivity index (χ3n) is 3.73. The average molecular weight is 292 g/mol. The van der Waals surface area contributed by atoms with E-state index in [0.29, 0.717) is 6.04 Å². The van der Waals surface area contributed by atoms with Crippen molar-refractivity contribution in [1.82, 2.24) is 10.2 Å². The normalized spacial score (nSPS) is 12.7. The van der Waals surface area contributed by atoms with E-state index >= 15 is 0 Å². The van der Waals surface area contributed by atoms with E-state index in [4.69, 9.17) is 4.74 Å². The molecule has 0 aliphatic heterocycles. The Hall–Kier alpha value is -1.06. The van der Waals surface area contributed by atoms with E-state index in [1.54, 1.807) is 7.11 Å². The van der Waals surface area contributed by atoms with Gasteiger partial charge in [-0.05, 0) is 45.5 Å². The molecule has 0 bridgehead atoms. The molecule has 1 N–H and O–H groups in total. The number of likely N-dealkylation sites (N-methyl/N-ethyl adjacent to an activating group) is 1. The monoisotopic (exact) mass is 292 g/mol. The lowest BCUT2D eigenvalue weighted by molar-refractivity contribution is 0.241. The van der Waals surface area contributed by atoms with Gasteiger partial charge >= 0.3 is 0 Å². The Morgan fingerprint density at radius 3 is 2.33 bits per heavy atom. The Labute approximate surface area is 130 Å². The molecule has 21 heavy (non-hydrogen) atoms. The Bertz CT molecular complexity index is 400. The van der Waals surface area contributed by atoms with Gasteiger partial charge in [0.05, 0.1) is 7.11 Å². The van der Waals surface area contributed by atoms with Crippen molar-refractivity contribution in [3.05, 3.63) is 29.3 Å². The van der Waals surface area contributed by atoms with Gasteiger partial charge in [-0.2, -0.15) is 0 Å². The molecule has 0 spiro atoms. The maximum atomic E-state index is 5.57. The molecular formula is C18H32N2O. The van der Waals surface area contributed by atoms with Crippen molar-refractivity contribution in [3.63, 3.8) is 0 Å². The second-order valence-corrected chi connectivity index (χ2v) is 5.66. The predicted molar refractivity (Wildman–Crippen MR) is 91.2 cm³/mol. The molecular weight excluding hydrogens is 260 g/mol. The van der Waals surface area contributed by atoms with Crippen molar-refractivity contribution in [1.29, 1.82) is 0 Å². The van der Waals surface area contributed by atoms with Gasteiger partial charge in [0.1, 0.15) is 5.75 Å². The lowest BCUT2D eigenvalue weighted by atomic mass is 10.0. The first-order chi connectivity index (χ1) is 10.2. The summed E-state index contributed by atoms with van der Waals surface area (Å²) in [4.78, 5) is 2.55. The van der Waals surface area contributed by atoms with Crippen LogP contribution in [0.15, 0.2) is 18.2 Å². The van der Waals surface area contributed by atoms with E-state index in [1.807, 2.05) is 0 Å². The van der Waals surface area contributed by atoms with Gasteiger partial charge in [-0.25, -0.2) is 0 Å². The minimum absolute atomic E-state index is 0.322. The predicted octanol–water partition coefficient (Wildman–Crippen LogP) is 3.78. The van der Waals surface area contributed by atoms with Gasteiger partial charge in [0.15, 0.2) is 0 Å². The minimum atomic E-state index is 0.322. The first kappa shape index (κ1) is 18.0. The number of nitrogens with zero attached hydrogens (tertiary/aromatic N) is 1. The molecule has 3 heteroatoms. The number of rotatable bonds is 10. The van der Waals surface area contributed by atoms with Crippen LogP contribution in [0.2, 0.25) is 0 Å². The summed E-state index contributed by atoms with van der Waals surface area (Å²) in [6, 6.07) is 6.77. The molecule has 0 amide bonds. The van der Waals surface area contributed by atoms with Gasteiger partial charge in [0, 0.05) is 18.2 Å². The van der Waals surface area contributed by atoms with Gasteiger partial charge < -0.3 is 15.0 Å². The topological polar surface area (TPSA) is 24.5 Å². The SMILES string of the molecule is CCCN(CCC)CC(NCC)c1cc(C)ccc1OC. The summed E-state index contributed by atoms with van der Waals surface area (Å²) >= 11 is 0. The highest BCUT2D eigenvalue weighted by molar-refractivity contribution is 5.39. The molecule has 0 fully saturated rings. The summed E-state index contributed by atoms with van der Waals surface area (Å²) in [5.41, 5.74) is 2.56. The molecule has 0 aliphatic carbocycles. The molecule has 0 saturated carbocycles. The van der Waals surface area contributed by atoms with Crippen LogP contribution in [0.1, 0.15) is 50.8 Å². The van der Waals surface area contributed by atoms with Crippen molar-refractivity contribution in [3.8, 4) is 5.75 Å². The number of hydrogen-bond donors (Lipinski definition) is 1. The molecule has 0 radical (unpaired) electrons. The van der Waals surface area contributed by atoms with Crippen LogP contribution < -0.4 is 10.1 Å². The summed E-state index contributed by atoms with van der Waals surface area (Å²) in [5, 5.41) is 3.63. The zero-order chi connectivity index (χ0) is 15.7. The summed E-state index contributed by atoms with van der Waals surface area (Å²) < 4.78 is 5.57. The van der Waals surface area contributed by atoms with Gasteiger partial charge in [-0.1, -0.05) is 38.5 Å². The van der Waals surface area contributed by atoms with Crippen LogP contribution in [-0.4, -0.2) is 38.2 Å². The molecule has 1 unspecified atom stereocenters. The number of ether oxygens (including phenoxy) is 1. The van der Waals surface area contributed by atoms with Gasteiger partial charge in [0.2, 0.25) is 0 Å². The van der Waals surface area contributed by atoms with E-state index in [0.717, 1.165) is 31.9 Å². The van der Waals surface area contributed by atoms with Crippen molar-refractivity contribution in [2.45, 2.75) is 46.6 Å². The summed E-state index contributed by atoms with van der Waals surface area (Å²) in [7, 11) is 1.76. The van der Waals surface area contributed by atoms with Crippen molar-refractivity contribution >= 4 is 0 Å². The lowest BCUT2D eigenvalue weighted by Gasteiger charge is -2.29. The fourth-order valence-corrected chi connectivity index (χ4v) is 2.83. The Morgan fingerprint density at radius 2 is 1.81 bits per heavy atom. The van der Waals surface area contributed by atoms with E-state index < -0.39 is 0 Å². The average Bonchev–Trinajstić information content (AvgIpc) is 2.47. The van der Waals surface area contributed by atoms with Crippen LogP contribution >= 0.6 is 0 Å². The molecule has 0 heterocycles. The van der Waals surface area contributed by atoms with Crippen LogP contribution in [0.4, 0.5) is 0 Å². The smallest absolute Gasteiger partial charge is 0.123 e. The molecule has 0 aromatic heterocycles. The zero-order valence-electron chi connectivity index (χ0n) is 14.4. The molecule has 1 atom stereocenters. The van der Waals surface area contributed by atoms with E-state index in [-0.39, 0.29) is 0 Å². The molecule has 120 valence electrons. The number of hydrogen-bond acceptors (Lipinski definition) is 3. The molecule has 3 nitrogen and oxygen atoms in total. The number of nitrogens with one attached hydrogen (secondary N) is 1. The van der Waals surface area contributed by atoms with Gasteiger partial charge in [0.25, 0.3) is 0 Å². The standard InChI is InChI=1S/C18H32N2O/c1-6-11-20(12-7-2)14-17(19-8-3)16-13-15(4)9-10-18(16)21-5/h9-10,13,17,19H,6-8,11-12,14H2,1-5H3. The largest absolute Gasteiger partial charge is 0.496 e. The van der Waals surface area contributed by atoms with Crippen molar-refractivity contribution < 1.29 is 4.74 Å². The van der Waals surface area contributed by atoms with E-state index in [1.165, 1.54) is 24.0 Å². The van der Waals surface area contributed by atoms with Crippen LogP contribution in [0.25, 0.3) is 0 Å². The quantitative estimate of drug-likeness (QED) is 0.710. The fraction of sp³-hybridized carbons (Fsp3) is 0.667. The number of benzene rings is 1. The van der Waals surface area contributed by atoms with Gasteiger partial charge in [-0.15, -0.1) is 0 Å². The van der Waals surface area contributed by atoms with E-state index in [9.17, 15) is 0 Å². The zero-order valence-corrected chi connectivity index (χ0v) is 14.4. The summed E-state index contributed by atoms with van der Waals surface area (Å²) in [6.45, 7) is 13.1. The molecule has 0 aliphatic rings. The first-order valence-electron chi connectivity index (χ1n) is 8.26. The van der Waals surface area contributed by atoms with Crippen LogP contribution in [-0.2, 0) is 0 Å². The van der Waals surface area contributed by atoms with Gasteiger partial charge in [-0.3, -0.25) is 0 Å². The molecule has 1 aromatic carbocycles.